The summed E-state index contributed by atoms with van der Waals surface area (Å²) >= 11 is 0. The van der Waals surface area contributed by atoms with Gasteiger partial charge in [-0.15, -0.1) is 0 Å². The predicted octanol–water partition coefficient (Wildman–Crippen LogP) is 2.58. The van der Waals surface area contributed by atoms with Crippen LogP contribution in [0.5, 0.6) is 0 Å². The van der Waals surface area contributed by atoms with Gasteiger partial charge in [-0.05, 0) is 12.5 Å². The monoisotopic (exact) mass is 193 g/mol. The lowest BCUT2D eigenvalue weighted by molar-refractivity contribution is 1.08. The molecule has 13 heavy (non-hydrogen) atoms. The van der Waals surface area contributed by atoms with E-state index in [0.29, 0.717) is 10.9 Å². The van der Waals surface area contributed by atoms with E-state index in [4.69, 9.17) is 11.8 Å². The number of hydrogen-bond acceptors (Lipinski definition) is 1. The maximum atomic E-state index is 6.25. The topological polar surface area (TPSA) is 23.8 Å². The molecular formula is C11H15NS. The summed E-state index contributed by atoms with van der Waals surface area (Å²) in [5, 5.41) is 6.25. The lowest BCUT2D eigenvalue weighted by atomic mass is 10.2. The lowest BCUT2D eigenvalue weighted by Gasteiger charge is -2.01. The third-order valence-corrected chi connectivity index (χ3v) is 3.07. The minimum Gasteiger partial charge on any atom is -0.512 e. The summed E-state index contributed by atoms with van der Waals surface area (Å²) in [5.41, 5.74) is 1.50. The third kappa shape index (κ3) is 3.52. The van der Waals surface area contributed by atoms with E-state index in [2.05, 4.69) is 43.7 Å². The molecule has 0 fully saturated rings. The molecule has 0 heterocycles. The van der Waals surface area contributed by atoms with Crippen molar-refractivity contribution in [3.8, 4) is 0 Å². The Morgan fingerprint density at radius 2 is 1.77 bits per heavy atom. The summed E-state index contributed by atoms with van der Waals surface area (Å²) in [6.45, 7) is 6.96. The average Bonchev–Trinajstić information content (AvgIpc) is 2.20. The van der Waals surface area contributed by atoms with Crippen LogP contribution in [0.15, 0.2) is 29.2 Å². The first kappa shape index (κ1) is 12.1. The van der Waals surface area contributed by atoms with Crippen LogP contribution in [0.1, 0.15) is 12.5 Å². The molecule has 2 heteroatoms. The second-order valence-corrected chi connectivity index (χ2v) is 4.85. The Labute approximate surface area is 83.7 Å². The molecule has 1 aromatic rings. The molecule has 0 saturated heterocycles. The van der Waals surface area contributed by atoms with E-state index < -0.39 is 0 Å². The van der Waals surface area contributed by atoms with Crippen molar-refractivity contribution < 1.29 is 0 Å². The molecule has 0 aliphatic carbocycles. The van der Waals surface area contributed by atoms with Gasteiger partial charge in [0.1, 0.15) is 12.5 Å². The van der Waals surface area contributed by atoms with E-state index in [1.807, 2.05) is 0 Å². The van der Waals surface area contributed by atoms with E-state index in [0.717, 1.165) is 6.42 Å². The zero-order valence-electron chi connectivity index (χ0n) is 8.37. The first-order valence-electron chi connectivity index (χ1n) is 4.13. The first-order valence-corrected chi connectivity index (χ1v) is 6.17. The fraction of sp³-hybridized carbons (Fsp3) is 0.364. The number of benzene rings is 1. The summed E-state index contributed by atoms with van der Waals surface area (Å²) < 4.78 is 0. The highest BCUT2D eigenvalue weighted by molar-refractivity contribution is 7.95. The highest BCUT2D eigenvalue weighted by atomic mass is 32.2. The van der Waals surface area contributed by atoms with Gasteiger partial charge >= 0.3 is 0 Å². The molecule has 0 aliphatic heterocycles. The van der Waals surface area contributed by atoms with Crippen molar-refractivity contribution in [1.82, 2.24) is 0 Å². The van der Waals surface area contributed by atoms with Crippen LogP contribution >= 0.6 is 0 Å². The zero-order valence-corrected chi connectivity index (χ0v) is 9.19. The van der Waals surface area contributed by atoms with Crippen LogP contribution in [0.2, 0.25) is 0 Å². The number of rotatable bonds is 2. The third-order valence-electron chi connectivity index (χ3n) is 1.79. The van der Waals surface area contributed by atoms with Gasteiger partial charge < -0.3 is 11.8 Å². The summed E-state index contributed by atoms with van der Waals surface area (Å²) in [4.78, 5) is 1.52. The van der Waals surface area contributed by atoms with Gasteiger partial charge in [-0.1, -0.05) is 25.1 Å². The molecule has 0 aliphatic rings. The van der Waals surface area contributed by atoms with Gasteiger partial charge in [-0.3, -0.25) is 0 Å². The molecule has 70 valence electrons. The number of nitrogens with zero attached hydrogens (tertiary/aromatic N) is 1. The summed E-state index contributed by atoms with van der Waals surface area (Å²) in [7, 11) is 0.410. The smallest absolute Gasteiger partial charge is 0.157 e. The van der Waals surface area contributed by atoms with Crippen molar-refractivity contribution in [2.24, 2.45) is 0 Å². The first-order chi connectivity index (χ1) is 6.25. The summed E-state index contributed by atoms with van der Waals surface area (Å²) in [5.74, 6) is 0. The molecule has 0 radical (unpaired) electrons. The Morgan fingerprint density at radius 1 is 1.23 bits per heavy atom. The van der Waals surface area contributed by atoms with E-state index in [1.54, 1.807) is 0 Å². The number of hydrogen-bond donors (Lipinski definition) is 0. The van der Waals surface area contributed by atoms with Crippen molar-refractivity contribution >= 4 is 10.9 Å². The minimum atomic E-state index is 0.410. The van der Waals surface area contributed by atoms with Crippen molar-refractivity contribution in [1.29, 1.82) is 5.26 Å². The molecular weight excluding hydrogens is 178 g/mol. The summed E-state index contributed by atoms with van der Waals surface area (Å²) in [6, 6.07) is 8.71. The lowest BCUT2D eigenvalue weighted by Crippen LogP contribution is -1.99. The Morgan fingerprint density at radius 3 is 2.15 bits per heavy atom. The van der Waals surface area contributed by atoms with Crippen molar-refractivity contribution in [3.63, 3.8) is 0 Å². The molecule has 1 aromatic carbocycles. The Balaban J connectivity index is 0.000000671. The second-order valence-electron chi connectivity index (χ2n) is 2.78. The largest absolute Gasteiger partial charge is 0.512 e. The summed E-state index contributed by atoms with van der Waals surface area (Å²) in [6.07, 6.45) is 5.70. The Bertz CT molecular complexity index is 266. The molecule has 1 rings (SSSR count). The fourth-order valence-corrected chi connectivity index (χ4v) is 2.28. The van der Waals surface area contributed by atoms with Gasteiger partial charge in [-0.2, -0.15) is 0 Å². The fourth-order valence-electron chi connectivity index (χ4n) is 1.19. The normalized spacial score (nSPS) is 9.08. The van der Waals surface area contributed by atoms with Crippen LogP contribution in [0.4, 0.5) is 0 Å². The maximum Gasteiger partial charge on any atom is 0.157 e. The standard InChI is InChI=1S/C10H15S.CN/c1-4-9-7-5-6-8-10(9)11(2)3;1-2/h5-8H,4H2,1-3H3;/q+1;-1. The highest BCUT2D eigenvalue weighted by Gasteiger charge is 2.11. The molecule has 1 nitrogen and oxygen atoms in total. The van der Waals surface area contributed by atoms with Gasteiger partial charge in [0.25, 0.3) is 0 Å². The molecule has 0 atom stereocenters. The number of aryl methyl sites for hydroxylation is 1. The van der Waals surface area contributed by atoms with Crippen LogP contribution in [0.25, 0.3) is 0 Å². The van der Waals surface area contributed by atoms with Crippen molar-refractivity contribution in [2.45, 2.75) is 18.2 Å². The highest BCUT2D eigenvalue weighted by Crippen LogP contribution is 2.15. The average molecular weight is 193 g/mol. The van der Waals surface area contributed by atoms with Crippen molar-refractivity contribution in [3.05, 3.63) is 36.4 Å². The van der Waals surface area contributed by atoms with E-state index in [9.17, 15) is 0 Å². The molecule has 0 saturated carbocycles. The van der Waals surface area contributed by atoms with E-state index >= 15 is 0 Å². The van der Waals surface area contributed by atoms with Gasteiger partial charge in [0, 0.05) is 16.5 Å². The van der Waals surface area contributed by atoms with Crippen LogP contribution in [0.3, 0.4) is 0 Å². The van der Waals surface area contributed by atoms with Gasteiger partial charge in [-0.25, -0.2) is 0 Å². The van der Waals surface area contributed by atoms with E-state index in [-0.39, 0.29) is 0 Å². The van der Waals surface area contributed by atoms with Gasteiger partial charge in [0.15, 0.2) is 4.90 Å². The Hall–Kier alpha value is -0.940. The van der Waals surface area contributed by atoms with Crippen LogP contribution in [0, 0.1) is 11.8 Å². The quantitative estimate of drug-likeness (QED) is 0.523. The zero-order chi connectivity index (χ0) is 10.3. The SMILES string of the molecule is CCc1ccccc1[S+](C)C.[C-]#N. The van der Waals surface area contributed by atoms with Crippen LogP contribution in [-0.2, 0) is 17.3 Å². The predicted molar refractivity (Wildman–Crippen MR) is 58.3 cm³/mol. The molecule has 0 spiro atoms. The van der Waals surface area contributed by atoms with E-state index in [1.165, 1.54) is 10.5 Å². The minimum absolute atomic E-state index is 0.410. The van der Waals surface area contributed by atoms with Crippen LogP contribution < -0.4 is 0 Å². The molecule has 0 N–H and O–H groups in total. The van der Waals surface area contributed by atoms with Gasteiger partial charge in [0.2, 0.25) is 0 Å². The molecule has 0 aromatic heterocycles. The van der Waals surface area contributed by atoms with Crippen LogP contribution in [-0.4, -0.2) is 12.5 Å². The van der Waals surface area contributed by atoms with Gasteiger partial charge in [0.05, 0.1) is 0 Å². The second kappa shape index (κ2) is 6.56. The van der Waals surface area contributed by atoms with Crippen molar-refractivity contribution in [2.75, 3.05) is 12.5 Å². The Kier molecular flexibility index (Phi) is 6.09. The molecule has 0 unspecified atom stereocenters. The maximum absolute atomic E-state index is 6.25. The molecule has 0 amide bonds. The molecule has 0 bridgehead atoms.